The van der Waals surface area contributed by atoms with Gasteiger partial charge in [0.25, 0.3) is 15.6 Å². The lowest BCUT2D eigenvalue weighted by Gasteiger charge is -2.06. The minimum atomic E-state index is -3.84. The van der Waals surface area contributed by atoms with Crippen LogP contribution in [0.4, 0.5) is 10.1 Å². The number of thiophene rings is 1. The summed E-state index contributed by atoms with van der Waals surface area (Å²) in [5.74, 6) is -0.530. The van der Waals surface area contributed by atoms with Gasteiger partial charge in [-0.05, 0) is 37.3 Å². The van der Waals surface area contributed by atoms with E-state index in [0.29, 0.717) is 17.8 Å². The molecule has 130 valence electrons. The van der Waals surface area contributed by atoms with Crippen molar-refractivity contribution >= 4 is 27.0 Å². The van der Waals surface area contributed by atoms with Crippen LogP contribution in [0.25, 0.3) is 11.3 Å². The number of anilines is 1. The number of hydrogen-bond acceptors (Lipinski definition) is 5. The number of aryl methyl sites for hydroxylation is 1. The van der Waals surface area contributed by atoms with Crippen molar-refractivity contribution in [1.29, 1.82) is 0 Å². The number of rotatable bonds is 5. The average molecular weight is 379 g/mol. The zero-order valence-electron chi connectivity index (χ0n) is 13.1. The van der Waals surface area contributed by atoms with Gasteiger partial charge in [-0.1, -0.05) is 6.07 Å². The van der Waals surface area contributed by atoms with E-state index in [9.17, 15) is 17.6 Å². The van der Waals surface area contributed by atoms with Crippen molar-refractivity contribution in [2.24, 2.45) is 0 Å². The van der Waals surface area contributed by atoms with E-state index in [-0.39, 0.29) is 15.5 Å². The van der Waals surface area contributed by atoms with Gasteiger partial charge in [-0.2, -0.15) is 5.10 Å². The second-order valence-electron chi connectivity index (χ2n) is 5.14. The molecule has 0 saturated carbocycles. The Morgan fingerprint density at radius 1 is 1.24 bits per heavy atom. The second kappa shape index (κ2) is 6.77. The van der Waals surface area contributed by atoms with Crippen molar-refractivity contribution in [2.75, 3.05) is 4.72 Å². The van der Waals surface area contributed by atoms with Crippen LogP contribution in [0.2, 0.25) is 0 Å². The van der Waals surface area contributed by atoms with Crippen molar-refractivity contribution in [3.8, 4) is 11.3 Å². The van der Waals surface area contributed by atoms with Gasteiger partial charge in [-0.15, -0.1) is 11.3 Å². The van der Waals surface area contributed by atoms with Gasteiger partial charge in [0.2, 0.25) is 0 Å². The summed E-state index contributed by atoms with van der Waals surface area (Å²) in [6.07, 6.45) is 0. The molecule has 0 amide bonds. The highest BCUT2D eigenvalue weighted by Gasteiger charge is 2.18. The lowest BCUT2D eigenvalue weighted by molar-refractivity contribution is 0.603. The van der Waals surface area contributed by atoms with Gasteiger partial charge in [0, 0.05) is 23.6 Å². The molecular formula is C16H14FN3O3S2. The highest BCUT2D eigenvalue weighted by Crippen LogP contribution is 2.28. The van der Waals surface area contributed by atoms with Crippen LogP contribution >= 0.6 is 11.3 Å². The van der Waals surface area contributed by atoms with Crippen LogP contribution in [0, 0.1) is 5.82 Å². The Bertz CT molecular complexity index is 1070. The normalized spacial score (nSPS) is 11.4. The molecule has 0 spiro atoms. The molecule has 1 N–H and O–H groups in total. The van der Waals surface area contributed by atoms with E-state index in [4.69, 9.17) is 0 Å². The van der Waals surface area contributed by atoms with Gasteiger partial charge in [0.05, 0.1) is 11.4 Å². The molecule has 0 saturated heterocycles. The fourth-order valence-corrected chi connectivity index (χ4v) is 4.40. The number of sulfonamides is 1. The second-order valence-corrected chi connectivity index (χ2v) is 7.96. The first-order chi connectivity index (χ1) is 11.9. The summed E-state index contributed by atoms with van der Waals surface area (Å²) in [4.78, 5) is 11.6. The molecule has 0 atom stereocenters. The Hall–Kier alpha value is -2.52. The topological polar surface area (TPSA) is 81.1 Å². The van der Waals surface area contributed by atoms with Gasteiger partial charge in [-0.25, -0.2) is 17.5 Å². The maximum Gasteiger partial charge on any atom is 0.271 e. The van der Waals surface area contributed by atoms with Crippen molar-refractivity contribution < 1.29 is 12.8 Å². The lowest BCUT2D eigenvalue weighted by Crippen LogP contribution is -2.20. The first-order valence-corrected chi connectivity index (χ1v) is 9.71. The van der Waals surface area contributed by atoms with E-state index in [0.717, 1.165) is 17.4 Å². The van der Waals surface area contributed by atoms with E-state index in [1.165, 1.54) is 35.0 Å². The number of nitrogens with one attached hydrogen (secondary N) is 1. The van der Waals surface area contributed by atoms with Crippen molar-refractivity contribution in [3.05, 3.63) is 64.0 Å². The quantitative estimate of drug-likeness (QED) is 0.739. The summed E-state index contributed by atoms with van der Waals surface area (Å²) in [6.45, 7) is 2.22. The lowest BCUT2D eigenvalue weighted by atomic mass is 10.2. The fourth-order valence-electron chi connectivity index (χ4n) is 2.18. The maximum atomic E-state index is 13.2. The number of aromatic nitrogens is 2. The van der Waals surface area contributed by atoms with Gasteiger partial charge < -0.3 is 0 Å². The van der Waals surface area contributed by atoms with Crippen molar-refractivity contribution in [1.82, 2.24) is 9.78 Å². The monoisotopic (exact) mass is 379 g/mol. The molecule has 9 heteroatoms. The van der Waals surface area contributed by atoms with Gasteiger partial charge >= 0.3 is 0 Å². The number of benzene rings is 1. The molecule has 3 rings (SSSR count). The Morgan fingerprint density at radius 2 is 2.04 bits per heavy atom. The smallest absolute Gasteiger partial charge is 0.271 e. The van der Waals surface area contributed by atoms with Crippen LogP contribution in [0.5, 0.6) is 0 Å². The zero-order valence-corrected chi connectivity index (χ0v) is 14.8. The Morgan fingerprint density at radius 3 is 2.76 bits per heavy atom. The highest BCUT2D eigenvalue weighted by atomic mass is 32.2. The minimum absolute atomic E-state index is 0.0720. The predicted molar refractivity (Wildman–Crippen MR) is 94.7 cm³/mol. The molecule has 2 aromatic heterocycles. The summed E-state index contributed by atoms with van der Waals surface area (Å²) in [7, 11) is -3.84. The van der Waals surface area contributed by atoms with E-state index in [2.05, 4.69) is 9.82 Å². The molecule has 1 aromatic carbocycles. The average Bonchev–Trinajstić information content (AvgIpc) is 3.06. The van der Waals surface area contributed by atoms with Gasteiger partial charge in [0.1, 0.15) is 10.0 Å². The molecule has 3 aromatic rings. The molecule has 0 bridgehead atoms. The Kier molecular flexibility index (Phi) is 4.69. The Labute approximate surface area is 147 Å². The summed E-state index contributed by atoms with van der Waals surface area (Å²) in [5.41, 5.74) is 1.02. The van der Waals surface area contributed by atoms with Gasteiger partial charge in [-0.3, -0.25) is 9.52 Å². The summed E-state index contributed by atoms with van der Waals surface area (Å²) >= 11 is 1.02. The molecule has 0 aliphatic carbocycles. The summed E-state index contributed by atoms with van der Waals surface area (Å²) in [5, 5.41) is 5.84. The molecular weight excluding hydrogens is 365 g/mol. The first kappa shape index (κ1) is 17.3. The van der Waals surface area contributed by atoms with Crippen LogP contribution in [0.15, 0.2) is 56.8 Å². The van der Waals surface area contributed by atoms with Crippen molar-refractivity contribution in [3.63, 3.8) is 0 Å². The summed E-state index contributed by atoms with van der Waals surface area (Å²) < 4.78 is 41.8. The van der Waals surface area contributed by atoms with Crippen LogP contribution in [0.1, 0.15) is 6.92 Å². The number of nitrogens with zero attached hydrogens (tertiary/aromatic N) is 2. The fraction of sp³-hybridized carbons (Fsp3) is 0.125. The molecule has 2 heterocycles. The zero-order chi connectivity index (χ0) is 18.0. The van der Waals surface area contributed by atoms with Crippen LogP contribution in [-0.4, -0.2) is 18.2 Å². The largest absolute Gasteiger partial charge is 0.279 e. The molecule has 0 aliphatic heterocycles. The third kappa shape index (κ3) is 3.77. The molecule has 6 nitrogen and oxygen atoms in total. The third-order valence-electron chi connectivity index (χ3n) is 3.38. The molecule has 0 unspecified atom stereocenters. The first-order valence-electron chi connectivity index (χ1n) is 7.34. The van der Waals surface area contributed by atoms with E-state index in [1.54, 1.807) is 18.4 Å². The standard InChI is InChI=1S/C16H14FN3O3S2/c1-2-20-15(21)7-6-14(18-20)11-8-16(24-10-11)25(22,23)19-13-5-3-4-12(17)9-13/h3-10,19H,2H2,1H3. The third-order valence-corrected chi connectivity index (χ3v) is 6.20. The number of halogens is 1. The van der Waals surface area contributed by atoms with E-state index >= 15 is 0 Å². The Balaban J connectivity index is 1.91. The number of hydrogen-bond donors (Lipinski definition) is 1. The van der Waals surface area contributed by atoms with Crippen LogP contribution in [0.3, 0.4) is 0 Å². The maximum absolute atomic E-state index is 13.2. The predicted octanol–water partition coefficient (Wildman–Crippen LogP) is 2.93. The minimum Gasteiger partial charge on any atom is -0.279 e. The van der Waals surface area contributed by atoms with E-state index < -0.39 is 15.8 Å². The molecule has 25 heavy (non-hydrogen) atoms. The molecule has 0 aliphatic rings. The van der Waals surface area contributed by atoms with Crippen LogP contribution in [-0.2, 0) is 16.6 Å². The van der Waals surface area contributed by atoms with Crippen LogP contribution < -0.4 is 10.3 Å². The SMILES string of the molecule is CCn1nc(-c2csc(S(=O)(=O)Nc3cccc(F)c3)c2)ccc1=O. The van der Waals surface area contributed by atoms with Gasteiger partial charge in [0.15, 0.2) is 0 Å². The van der Waals surface area contributed by atoms with E-state index in [1.807, 2.05) is 0 Å². The summed E-state index contributed by atoms with van der Waals surface area (Å²) in [6, 6.07) is 9.63. The molecule has 0 radical (unpaired) electrons. The van der Waals surface area contributed by atoms with Crippen molar-refractivity contribution in [2.45, 2.75) is 17.7 Å². The molecule has 0 fully saturated rings. The highest BCUT2D eigenvalue weighted by molar-refractivity contribution is 7.94.